The molecule has 0 radical (unpaired) electrons. The molecule has 7 nitrogen and oxygen atoms in total. The summed E-state index contributed by atoms with van der Waals surface area (Å²) in [5, 5.41) is 10.2. The monoisotopic (exact) mass is 510 g/mol. The van der Waals surface area contributed by atoms with E-state index in [1.165, 1.54) is 18.2 Å². The van der Waals surface area contributed by atoms with E-state index in [1.807, 2.05) is 18.2 Å². The van der Waals surface area contributed by atoms with Gasteiger partial charge in [0.2, 0.25) is 5.88 Å². The Bertz CT molecular complexity index is 1360. The lowest BCUT2D eigenvalue weighted by Crippen LogP contribution is -2.21. The molecule has 0 amide bonds. The summed E-state index contributed by atoms with van der Waals surface area (Å²) in [6.45, 7) is 2.17. The third-order valence-electron chi connectivity index (χ3n) is 5.37. The van der Waals surface area contributed by atoms with Gasteiger partial charge in [0.15, 0.2) is 5.75 Å². The van der Waals surface area contributed by atoms with Gasteiger partial charge in [0.05, 0.1) is 35.2 Å². The van der Waals surface area contributed by atoms with Gasteiger partial charge in [-0.3, -0.25) is 0 Å². The number of rotatable bonds is 6. The maximum absolute atomic E-state index is 12.8. The van der Waals surface area contributed by atoms with E-state index >= 15 is 0 Å². The van der Waals surface area contributed by atoms with Crippen molar-refractivity contribution in [2.75, 3.05) is 13.7 Å². The van der Waals surface area contributed by atoms with Crippen molar-refractivity contribution in [1.82, 2.24) is 0 Å². The number of ether oxygens (including phenoxy) is 4. The summed E-state index contributed by atoms with van der Waals surface area (Å²) in [5.74, 6) is 0.235. The molecule has 0 fully saturated rings. The van der Waals surface area contributed by atoms with Crippen molar-refractivity contribution in [2.24, 2.45) is 5.73 Å². The first-order valence-corrected chi connectivity index (χ1v) is 11.3. The fourth-order valence-corrected chi connectivity index (χ4v) is 4.45. The maximum atomic E-state index is 12.8. The molecule has 0 aliphatic carbocycles. The zero-order chi connectivity index (χ0) is 25.1. The van der Waals surface area contributed by atoms with Crippen molar-refractivity contribution in [1.29, 1.82) is 5.26 Å². The van der Waals surface area contributed by atoms with Gasteiger partial charge in [-0.1, -0.05) is 47.5 Å². The topological polar surface area (TPSA) is 104 Å². The van der Waals surface area contributed by atoms with Gasteiger partial charge in [-0.05, 0) is 31.2 Å². The summed E-state index contributed by atoms with van der Waals surface area (Å²) >= 11 is 12.4. The number of carbonyl (C=O) groups is 1. The number of nitriles is 1. The van der Waals surface area contributed by atoms with Gasteiger partial charge in [0.1, 0.15) is 28.9 Å². The van der Waals surface area contributed by atoms with Gasteiger partial charge in [0.25, 0.3) is 0 Å². The number of para-hydroxylation sites is 1. The Morgan fingerprint density at radius 3 is 2.49 bits per heavy atom. The molecule has 2 N–H and O–H groups in total. The average Bonchev–Trinajstić information content (AvgIpc) is 2.85. The molecule has 35 heavy (non-hydrogen) atoms. The SMILES string of the molecule is CCOc1c(Cl)cc(C(=O)Oc2ccc3c(c2)OC(N)=C(C#N)C3c2ccccc2OC)cc1Cl. The number of allylic oxidation sites excluding steroid dienone is 1. The highest BCUT2D eigenvalue weighted by Gasteiger charge is 2.33. The number of halogens is 2. The van der Waals surface area contributed by atoms with Crippen LogP contribution in [0.4, 0.5) is 0 Å². The third kappa shape index (κ3) is 4.72. The number of hydrogen-bond donors (Lipinski definition) is 1. The van der Waals surface area contributed by atoms with Gasteiger partial charge in [0, 0.05) is 17.2 Å². The van der Waals surface area contributed by atoms with Crippen LogP contribution in [0.25, 0.3) is 0 Å². The number of fused-ring (bicyclic) bond motifs is 1. The van der Waals surface area contributed by atoms with E-state index in [2.05, 4.69) is 6.07 Å². The quantitative estimate of drug-likeness (QED) is 0.328. The second-order valence-corrected chi connectivity index (χ2v) is 8.27. The lowest BCUT2D eigenvalue weighted by atomic mass is 9.83. The fourth-order valence-electron chi connectivity index (χ4n) is 3.85. The minimum absolute atomic E-state index is 0.0375. The molecule has 9 heteroatoms. The van der Waals surface area contributed by atoms with Crippen LogP contribution in [0.5, 0.6) is 23.0 Å². The van der Waals surface area contributed by atoms with E-state index in [1.54, 1.807) is 32.2 Å². The minimum Gasteiger partial charge on any atom is -0.496 e. The van der Waals surface area contributed by atoms with Crippen molar-refractivity contribution < 1.29 is 23.7 Å². The summed E-state index contributed by atoms with van der Waals surface area (Å²) in [7, 11) is 1.56. The molecule has 1 atom stereocenters. The predicted molar refractivity (Wildman–Crippen MR) is 131 cm³/mol. The largest absolute Gasteiger partial charge is 0.496 e. The third-order valence-corrected chi connectivity index (χ3v) is 5.94. The summed E-state index contributed by atoms with van der Waals surface area (Å²) < 4.78 is 22.1. The molecule has 4 rings (SSSR count). The number of esters is 1. The molecule has 0 saturated heterocycles. The minimum atomic E-state index is -0.671. The molecule has 3 aromatic carbocycles. The zero-order valence-corrected chi connectivity index (χ0v) is 20.3. The molecule has 1 aliphatic heterocycles. The summed E-state index contributed by atoms with van der Waals surface area (Å²) in [4.78, 5) is 12.8. The molecule has 178 valence electrons. The number of nitrogens with zero attached hydrogens (tertiary/aromatic N) is 1. The van der Waals surface area contributed by atoms with E-state index < -0.39 is 11.9 Å². The van der Waals surface area contributed by atoms with Crippen LogP contribution in [-0.2, 0) is 0 Å². The number of methoxy groups -OCH3 is 1. The van der Waals surface area contributed by atoms with E-state index in [-0.39, 0.29) is 32.8 Å². The van der Waals surface area contributed by atoms with E-state index in [0.29, 0.717) is 29.4 Å². The normalized spacial score (nSPS) is 14.4. The lowest BCUT2D eigenvalue weighted by molar-refractivity contribution is 0.0734. The first-order chi connectivity index (χ1) is 16.9. The molecule has 1 unspecified atom stereocenters. The maximum Gasteiger partial charge on any atom is 0.343 e. The second-order valence-electron chi connectivity index (χ2n) is 7.46. The number of benzene rings is 3. The summed E-state index contributed by atoms with van der Waals surface area (Å²) in [6, 6.07) is 17.2. The Hall–Kier alpha value is -3.86. The first-order valence-electron chi connectivity index (χ1n) is 10.6. The predicted octanol–water partition coefficient (Wildman–Crippen LogP) is 5.84. The van der Waals surface area contributed by atoms with Gasteiger partial charge < -0.3 is 24.7 Å². The molecular weight excluding hydrogens is 491 g/mol. The highest BCUT2D eigenvalue weighted by molar-refractivity contribution is 6.37. The average molecular weight is 511 g/mol. The van der Waals surface area contributed by atoms with Crippen LogP contribution in [-0.4, -0.2) is 19.7 Å². The van der Waals surface area contributed by atoms with Gasteiger partial charge in [-0.15, -0.1) is 0 Å². The summed E-state index contributed by atoms with van der Waals surface area (Å²) in [6.07, 6.45) is 0. The van der Waals surface area contributed by atoms with Crippen LogP contribution in [0.15, 0.2) is 66.1 Å². The molecule has 0 aromatic heterocycles. The van der Waals surface area contributed by atoms with Crippen molar-refractivity contribution in [3.8, 4) is 29.1 Å². The van der Waals surface area contributed by atoms with Crippen molar-refractivity contribution in [2.45, 2.75) is 12.8 Å². The fraction of sp³-hybridized carbons (Fsp3) is 0.154. The molecule has 3 aromatic rings. The molecule has 0 spiro atoms. The Morgan fingerprint density at radius 1 is 1.11 bits per heavy atom. The smallest absolute Gasteiger partial charge is 0.343 e. The van der Waals surface area contributed by atoms with Crippen LogP contribution in [0.2, 0.25) is 10.0 Å². The number of hydrogen-bond acceptors (Lipinski definition) is 7. The van der Waals surface area contributed by atoms with Crippen molar-refractivity contribution >= 4 is 29.2 Å². The Labute approximate surface area is 212 Å². The van der Waals surface area contributed by atoms with Crippen LogP contribution < -0.4 is 24.7 Å². The molecule has 1 aliphatic rings. The number of nitrogens with two attached hydrogens (primary N) is 1. The molecule has 1 heterocycles. The highest BCUT2D eigenvalue weighted by Crippen LogP contribution is 2.46. The lowest BCUT2D eigenvalue weighted by Gasteiger charge is -2.27. The van der Waals surface area contributed by atoms with Crippen LogP contribution in [0.3, 0.4) is 0 Å². The highest BCUT2D eigenvalue weighted by atomic mass is 35.5. The standard InChI is InChI=1S/C26H20Cl2N2O5/c1-3-33-24-19(27)10-14(11-20(24)28)26(31)34-15-8-9-17-22(12-15)35-25(30)18(13-29)23(17)16-6-4-5-7-21(16)32-2/h4-12,23H,3,30H2,1-2H3. The van der Waals surface area contributed by atoms with Gasteiger partial charge >= 0.3 is 5.97 Å². The van der Waals surface area contributed by atoms with Gasteiger partial charge in [-0.2, -0.15) is 5.26 Å². The first kappa shape index (κ1) is 24.3. The zero-order valence-electron chi connectivity index (χ0n) is 18.8. The van der Waals surface area contributed by atoms with E-state index in [9.17, 15) is 10.1 Å². The second kappa shape index (κ2) is 10.2. The Kier molecular flexibility index (Phi) is 7.06. The Morgan fingerprint density at radius 2 is 1.83 bits per heavy atom. The van der Waals surface area contributed by atoms with Gasteiger partial charge in [-0.25, -0.2) is 4.79 Å². The van der Waals surface area contributed by atoms with E-state index in [0.717, 1.165) is 5.56 Å². The van der Waals surface area contributed by atoms with Crippen molar-refractivity contribution in [3.63, 3.8) is 0 Å². The van der Waals surface area contributed by atoms with Crippen molar-refractivity contribution in [3.05, 3.63) is 92.8 Å². The summed E-state index contributed by atoms with van der Waals surface area (Å²) in [5.41, 5.74) is 7.92. The van der Waals surface area contributed by atoms with Crippen LogP contribution >= 0.6 is 23.2 Å². The molecule has 0 saturated carbocycles. The van der Waals surface area contributed by atoms with E-state index in [4.69, 9.17) is 47.9 Å². The van der Waals surface area contributed by atoms with Crippen LogP contribution in [0.1, 0.15) is 34.3 Å². The Balaban J connectivity index is 1.68. The molecule has 0 bridgehead atoms. The van der Waals surface area contributed by atoms with Crippen LogP contribution in [0, 0.1) is 11.3 Å². The number of carbonyl (C=O) groups excluding carboxylic acids is 1. The molecular formula is C26H20Cl2N2O5.